The molecule has 0 amide bonds. The van der Waals surface area contributed by atoms with Crippen LogP contribution >= 0.6 is 11.6 Å². The summed E-state index contributed by atoms with van der Waals surface area (Å²) in [5.74, 6) is -0.261. The SMILES string of the molecule is CCNC(Cc1c(F)cccc1Cl)c1ccc(C)nc1C. The van der Waals surface area contributed by atoms with Gasteiger partial charge in [0, 0.05) is 28.0 Å². The summed E-state index contributed by atoms with van der Waals surface area (Å²) in [5.41, 5.74) is 3.58. The maximum atomic E-state index is 14.0. The molecular weight excluding hydrogens is 287 g/mol. The van der Waals surface area contributed by atoms with Crippen LogP contribution in [-0.2, 0) is 6.42 Å². The number of benzene rings is 1. The summed E-state index contributed by atoms with van der Waals surface area (Å²) in [7, 11) is 0. The van der Waals surface area contributed by atoms with Crippen LogP contribution in [0, 0.1) is 19.7 Å². The highest BCUT2D eigenvalue weighted by molar-refractivity contribution is 6.31. The van der Waals surface area contributed by atoms with Crippen molar-refractivity contribution in [1.29, 1.82) is 0 Å². The van der Waals surface area contributed by atoms with Gasteiger partial charge in [0.25, 0.3) is 0 Å². The van der Waals surface area contributed by atoms with Gasteiger partial charge in [-0.15, -0.1) is 0 Å². The van der Waals surface area contributed by atoms with E-state index in [0.717, 1.165) is 23.5 Å². The van der Waals surface area contributed by atoms with E-state index >= 15 is 0 Å². The molecule has 2 rings (SSSR count). The van der Waals surface area contributed by atoms with Crippen molar-refractivity contribution in [3.05, 3.63) is 63.7 Å². The number of halogens is 2. The maximum absolute atomic E-state index is 14.0. The van der Waals surface area contributed by atoms with Gasteiger partial charge in [0.15, 0.2) is 0 Å². The Hall–Kier alpha value is -1.45. The highest BCUT2D eigenvalue weighted by Crippen LogP contribution is 2.27. The van der Waals surface area contributed by atoms with Crippen molar-refractivity contribution in [3.8, 4) is 0 Å². The van der Waals surface area contributed by atoms with Gasteiger partial charge in [0.1, 0.15) is 5.82 Å². The van der Waals surface area contributed by atoms with Crippen molar-refractivity contribution in [2.75, 3.05) is 6.54 Å². The first-order valence-corrected chi connectivity index (χ1v) is 7.51. The van der Waals surface area contributed by atoms with Crippen LogP contribution in [-0.4, -0.2) is 11.5 Å². The smallest absolute Gasteiger partial charge is 0.127 e. The van der Waals surface area contributed by atoms with E-state index < -0.39 is 0 Å². The molecule has 0 bridgehead atoms. The van der Waals surface area contributed by atoms with Gasteiger partial charge >= 0.3 is 0 Å². The number of hydrogen-bond donors (Lipinski definition) is 1. The Kier molecular flexibility index (Phi) is 5.32. The molecule has 1 aromatic heterocycles. The van der Waals surface area contributed by atoms with E-state index in [1.807, 2.05) is 26.8 Å². The molecule has 21 heavy (non-hydrogen) atoms. The fraction of sp³-hybridized carbons (Fsp3) is 0.353. The predicted octanol–water partition coefficient (Wildman–Crippen LogP) is 4.38. The summed E-state index contributed by atoms with van der Waals surface area (Å²) in [6.45, 7) is 6.78. The molecule has 1 heterocycles. The van der Waals surface area contributed by atoms with Crippen molar-refractivity contribution in [2.24, 2.45) is 0 Å². The topological polar surface area (TPSA) is 24.9 Å². The number of aryl methyl sites for hydroxylation is 2. The van der Waals surface area contributed by atoms with Crippen molar-refractivity contribution < 1.29 is 4.39 Å². The van der Waals surface area contributed by atoms with Crippen molar-refractivity contribution >= 4 is 11.6 Å². The predicted molar refractivity (Wildman–Crippen MR) is 85.2 cm³/mol. The van der Waals surface area contributed by atoms with Gasteiger partial charge in [0.2, 0.25) is 0 Å². The molecule has 4 heteroatoms. The standard InChI is InChI=1S/C17H20ClFN2/c1-4-20-17(13-9-8-11(2)21-12(13)3)10-14-15(18)6-5-7-16(14)19/h5-9,17,20H,4,10H2,1-3H3. The Morgan fingerprint density at radius 1 is 1.24 bits per heavy atom. The molecule has 0 spiro atoms. The van der Waals surface area contributed by atoms with E-state index in [9.17, 15) is 4.39 Å². The maximum Gasteiger partial charge on any atom is 0.127 e. The summed E-state index contributed by atoms with van der Waals surface area (Å²) >= 11 is 6.14. The van der Waals surface area contributed by atoms with E-state index in [2.05, 4.69) is 16.4 Å². The lowest BCUT2D eigenvalue weighted by molar-refractivity contribution is 0.524. The number of aromatic nitrogens is 1. The van der Waals surface area contributed by atoms with Gasteiger partial charge in [-0.25, -0.2) is 4.39 Å². The molecular formula is C17H20ClFN2. The van der Waals surface area contributed by atoms with Gasteiger partial charge in [-0.3, -0.25) is 4.98 Å². The lowest BCUT2D eigenvalue weighted by atomic mass is 9.97. The number of rotatable bonds is 5. The minimum absolute atomic E-state index is 0.00231. The Morgan fingerprint density at radius 2 is 2.00 bits per heavy atom. The van der Waals surface area contributed by atoms with E-state index in [1.54, 1.807) is 12.1 Å². The third-order valence-corrected chi connectivity index (χ3v) is 3.92. The molecule has 1 unspecified atom stereocenters. The molecule has 1 atom stereocenters. The zero-order chi connectivity index (χ0) is 15.4. The Balaban J connectivity index is 2.35. The van der Waals surface area contributed by atoms with Crippen LogP contribution in [0.1, 0.15) is 35.5 Å². The molecule has 2 aromatic rings. The first-order chi connectivity index (χ1) is 10.0. The van der Waals surface area contributed by atoms with Crippen LogP contribution in [0.3, 0.4) is 0 Å². The average molecular weight is 307 g/mol. The molecule has 0 radical (unpaired) electrons. The summed E-state index contributed by atoms with van der Waals surface area (Å²) < 4.78 is 14.0. The molecule has 0 saturated carbocycles. The Bertz CT molecular complexity index is 608. The van der Waals surface area contributed by atoms with Crippen molar-refractivity contribution in [3.63, 3.8) is 0 Å². The lowest BCUT2D eigenvalue weighted by Gasteiger charge is -2.21. The van der Waals surface area contributed by atoms with Gasteiger partial charge < -0.3 is 5.32 Å². The quantitative estimate of drug-likeness (QED) is 0.886. The second-order valence-corrected chi connectivity index (χ2v) is 5.55. The van der Waals surface area contributed by atoms with Crippen LogP contribution in [0.15, 0.2) is 30.3 Å². The molecule has 0 saturated heterocycles. The van der Waals surface area contributed by atoms with Gasteiger partial charge in [0.05, 0.1) is 0 Å². The Morgan fingerprint density at radius 3 is 2.62 bits per heavy atom. The van der Waals surface area contributed by atoms with Crippen LogP contribution in [0.5, 0.6) is 0 Å². The summed E-state index contributed by atoms with van der Waals surface area (Å²) in [4.78, 5) is 4.50. The molecule has 1 aromatic carbocycles. The van der Waals surface area contributed by atoms with E-state index in [-0.39, 0.29) is 11.9 Å². The van der Waals surface area contributed by atoms with Gasteiger partial charge in [-0.1, -0.05) is 30.7 Å². The highest BCUT2D eigenvalue weighted by Gasteiger charge is 2.18. The first-order valence-electron chi connectivity index (χ1n) is 7.13. The third-order valence-electron chi connectivity index (χ3n) is 3.56. The second-order valence-electron chi connectivity index (χ2n) is 5.14. The minimum Gasteiger partial charge on any atom is -0.310 e. The highest BCUT2D eigenvalue weighted by atomic mass is 35.5. The third kappa shape index (κ3) is 3.80. The van der Waals surface area contributed by atoms with Crippen molar-refractivity contribution in [2.45, 2.75) is 33.2 Å². The number of nitrogens with zero attached hydrogens (tertiary/aromatic N) is 1. The zero-order valence-corrected chi connectivity index (χ0v) is 13.3. The van der Waals surface area contributed by atoms with Crippen LogP contribution < -0.4 is 5.32 Å². The number of pyridine rings is 1. The number of hydrogen-bond acceptors (Lipinski definition) is 2. The summed E-state index contributed by atoms with van der Waals surface area (Å²) in [5, 5.41) is 3.86. The largest absolute Gasteiger partial charge is 0.310 e. The van der Waals surface area contributed by atoms with Gasteiger partial charge in [-0.2, -0.15) is 0 Å². The van der Waals surface area contributed by atoms with Gasteiger partial charge in [-0.05, 0) is 50.6 Å². The lowest BCUT2D eigenvalue weighted by Crippen LogP contribution is -2.24. The summed E-state index contributed by atoms with van der Waals surface area (Å²) in [6.07, 6.45) is 0.505. The number of nitrogens with one attached hydrogen (secondary N) is 1. The molecule has 0 aliphatic rings. The van der Waals surface area contributed by atoms with E-state index in [1.165, 1.54) is 6.07 Å². The average Bonchev–Trinajstić information content (AvgIpc) is 2.42. The molecule has 112 valence electrons. The zero-order valence-electron chi connectivity index (χ0n) is 12.6. The molecule has 1 N–H and O–H groups in total. The van der Waals surface area contributed by atoms with Crippen LogP contribution in [0.4, 0.5) is 4.39 Å². The molecule has 2 nitrogen and oxygen atoms in total. The fourth-order valence-electron chi connectivity index (χ4n) is 2.54. The van der Waals surface area contributed by atoms with E-state index in [0.29, 0.717) is 17.0 Å². The Labute approximate surface area is 130 Å². The fourth-order valence-corrected chi connectivity index (χ4v) is 2.78. The van der Waals surface area contributed by atoms with Crippen LogP contribution in [0.25, 0.3) is 0 Å². The number of likely N-dealkylation sites (N-methyl/N-ethyl adjacent to an activating group) is 1. The van der Waals surface area contributed by atoms with E-state index in [4.69, 9.17) is 11.6 Å². The molecule has 0 aliphatic heterocycles. The van der Waals surface area contributed by atoms with Crippen molar-refractivity contribution in [1.82, 2.24) is 10.3 Å². The first kappa shape index (κ1) is 15.9. The molecule has 0 fully saturated rings. The second kappa shape index (κ2) is 7.01. The van der Waals surface area contributed by atoms with Crippen LogP contribution in [0.2, 0.25) is 5.02 Å². The summed E-state index contributed by atoms with van der Waals surface area (Å²) in [6, 6.07) is 8.84. The monoisotopic (exact) mass is 306 g/mol. The molecule has 0 aliphatic carbocycles. The minimum atomic E-state index is -0.261. The normalized spacial score (nSPS) is 12.4.